The standard InChI is InChI=1S/C33H60N14O9/c1-19(36)33(55,56)42-17-26(48)43-22(8-4-12-35)30(52)47-14-6-10-25(47)29(51)46-24(15-20-16-39-18-41-20)28(50)44-21(7-2-3-11-34)27(49)45-23(31(53)54)9-5-13-40-32(37)38/h16,18-19,21-25,42,55-56H,2-15,17,34-36H2,1H3,(H,39,41)(H,43,48)(H,44,50)(H,45,49)(H,46,51)(H,53,54)(H4,37,38,40)/t19-,21-,22+,23?,24-,25-/m0/s1. The molecule has 0 radical (unpaired) electrons. The van der Waals surface area contributed by atoms with Gasteiger partial charge < -0.3 is 75.1 Å². The number of rotatable bonds is 26. The number of aromatic amines is 1. The summed E-state index contributed by atoms with van der Waals surface area (Å²) in [6.07, 6.45) is 5.19. The lowest BCUT2D eigenvalue weighted by Crippen LogP contribution is -2.60. The molecule has 0 bridgehead atoms. The Morgan fingerprint density at radius 2 is 1.57 bits per heavy atom. The van der Waals surface area contributed by atoms with Crippen molar-refractivity contribution in [1.82, 2.24) is 41.5 Å². The van der Waals surface area contributed by atoms with Crippen molar-refractivity contribution in [3.05, 3.63) is 18.2 Å². The van der Waals surface area contributed by atoms with Crippen LogP contribution < -0.4 is 55.3 Å². The van der Waals surface area contributed by atoms with E-state index in [9.17, 15) is 44.1 Å². The summed E-state index contributed by atoms with van der Waals surface area (Å²) in [5.74, 6) is -7.50. The summed E-state index contributed by atoms with van der Waals surface area (Å²) in [5, 5.41) is 42.2. The minimum Gasteiger partial charge on any atom is -0.480 e. The highest BCUT2D eigenvalue weighted by atomic mass is 16.5. The van der Waals surface area contributed by atoms with E-state index in [0.717, 1.165) is 0 Å². The zero-order chi connectivity index (χ0) is 41.8. The molecule has 0 aliphatic carbocycles. The summed E-state index contributed by atoms with van der Waals surface area (Å²) in [7, 11) is 0. The minimum atomic E-state index is -2.55. The van der Waals surface area contributed by atoms with Crippen molar-refractivity contribution in [3.8, 4) is 0 Å². The quantitative estimate of drug-likeness (QED) is 0.0180. The Morgan fingerprint density at radius 3 is 2.18 bits per heavy atom. The first-order chi connectivity index (χ1) is 26.5. The number of aromatic nitrogens is 2. The van der Waals surface area contributed by atoms with Crippen LogP contribution in [0.25, 0.3) is 0 Å². The number of likely N-dealkylation sites (tertiary alicyclic amines) is 1. The molecule has 1 aromatic rings. The Labute approximate surface area is 324 Å². The fraction of sp³-hybridized carbons (Fsp3) is 0.697. The number of hydrogen-bond donors (Lipinski definition) is 14. The molecule has 316 valence electrons. The molecule has 0 saturated carbocycles. The average molecular weight is 797 g/mol. The third-order valence-electron chi connectivity index (χ3n) is 9.06. The van der Waals surface area contributed by atoms with Crippen LogP contribution in [0.3, 0.4) is 0 Å². The van der Waals surface area contributed by atoms with Crippen LogP contribution in [0.1, 0.15) is 70.4 Å². The number of hydrogen-bond acceptors (Lipinski definition) is 14. The number of carbonyl (C=O) groups is 6. The van der Waals surface area contributed by atoms with Crippen molar-refractivity contribution < 1.29 is 44.1 Å². The normalized spacial score (nSPS) is 16.8. The fourth-order valence-electron chi connectivity index (χ4n) is 5.86. The number of carboxylic acids is 1. The third-order valence-corrected chi connectivity index (χ3v) is 9.06. The molecule has 1 unspecified atom stereocenters. The summed E-state index contributed by atoms with van der Waals surface area (Å²) >= 11 is 0. The largest absolute Gasteiger partial charge is 0.480 e. The summed E-state index contributed by atoms with van der Waals surface area (Å²) < 4.78 is 0. The molecule has 2 heterocycles. The van der Waals surface area contributed by atoms with Crippen LogP contribution in [-0.2, 0) is 35.2 Å². The number of aliphatic imine (C=N–C) groups is 1. The first-order valence-corrected chi connectivity index (χ1v) is 18.6. The van der Waals surface area contributed by atoms with Crippen LogP contribution in [0.15, 0.2) is 17.5 Å². The molecular formula is C33H60N14O9. The van der Waals surface area contributed by atoms with Crippen molar-refractivity contribution in [1.29, 1.82) is 0 Å². The van der Waals surface area contributed by atoms with Crippen LogP contribution in [0.4, 0.5) is 0 Å². The number of aliphatic hydroxyl groups is 2. The van der Waals surface area contributed by atoms with Gasteiger partial charge in [-0.15, -0.1) is 0 Å². The van der Waals surface area contributed by atoms with E-state index in [-0.39, 0.29) is 64.1 Å². The molecular weight excluding hydrogens is 736 g/mol. The molecule has 23 heteroatoms. The van der Waals surface area contributed by atoms with Gasteiger partial charge in [-0.25, -0.2) is 9.78 Å². The van der Waals surface area contributed by atoms with E-state index in [1.54, 1.807) is 0 Å². The highest BCUT2D eigenvalue weighted by molar-refractivity contribution is 5.96. The molecule has 1 saturated heterocycles. The monoisotopic (exact) mass is 796 g/mol. The Hall–Kier alpha value is -4.94. The lowest BCUT2D eigenvalue weighted by atomic mass is 10.0. The van der Waals surface area contributed by atoms with Gasteiger partial charge in [-0.3, -0.25) is 34.3 Å². The highest BCUT2D eigenvalue weighted by Gasteiger charge is 2.39. The van der Waals surface area contributed by atoms with Crippen molar-refractivity contribution in [2.75, 3.05) is 32.7 Å². The number of unbranched alkanes of at least 4 members (excludes halogenated alkanes) is 1. The number of imidazole rings is 1. The number of guanidine groups is 1. The van der Waals surface area contributed by atoms with Gasteiger partial charge >= 0.3 is 5.97 Å². The van der Waals surface area contributed by atoms with Crippen molar-refractivity contribution >= 4 is 41.5 Å². The first-order valence-electron chi connectivity index (χ1n) is 18.6. The van der Waals surface area contributed by atoms with Crippen molar-refractivity contribution in [2.45, 2.75) is 113 Å². The molecule has 1 aliphatic rings. The van der Waals surface area contributed by atoms with Gasteiger partial charge in [0.15, 0.2) is 5.96 Å². The van der Waals surface area contributed by atoms with Gasteiger partial charge in [0.25, 0.3) is 0 Å². The summed E-state index contributed by atoms with van der Waals surface area (Å²) in [5.41, 5.74) is 28.0. The van der Waals surface area contributed by atoms with Gasteiger partial charge in [-0.1, -0.05) is 0 Å². The van der Waals surface area contributed by atoms with E-state index in [4.69, 9.17) is 28.7 Å². The second-order valence-electron chi connectivity index (χ2n) is 13.6. The topological polar surface area (TPSA) is 398 Å². The Bertz CT molecular complexity index is 1460. The molecule has 1 aliphatic heterocycles. The van der Waals surface area contributed by atoms with Crippen LogP contribution >= 0.6 is 0 Å². The molecule has 56 heavy (non-hydrogen) atoms. The molecule has 1 fully saturated rings. The van der Waals surface area contributed by atoms with Crippen molar-refractivity contribution in [2.24, 2.45) is 33.7 Å². The van der Waals surface area contributed by atoms with E-state index in [1.807, 2.05) is 0 Å². The second-order valence-corrected chi connectivity index (χ2v) is 13.6. The number of H-pyrrole nitrogens is 1. The highest BCUT2D eigenvalue weighted by Crippen LogP contribution is 2.20. The van der Waals surface area contributed by atoms with Gasteiger partial charge in [0.05, 0.1) is 18.9 Å². The Morgan fingerprint density at radius 1 is 0.929 bits per heavy atom. The maximum atomic E-state index is 13.9. The predicted octanol–water partition coefficient (Wildman–Crippen LogP) is -5.54. The van der Waals surface area contributed by atoms with Gasteiger partial charge in [0.2, 0.25) is 35.4 Å². The minimum absolute atomic E-state index is 0.00364. The van der Waals surface area contributed by atoms with E-state index >= 15 is 0 Å². The summed E-state index contributed by atoms with van der Waals surface area (Å²) in [6.45, 7) is 1.56. The second kappa shape index (κ2) is 23.9. The lowest BCUT2D eigenvalue weighted by molar-refractivity contribution is -0.197. The fourth-order valence-corrected chi connectivity index (χ4v) is 5.86. The van der Waals surface area contributed by atoms with Gasteiger partial charge in [0.1, 0.15) is 30.2 Å². The van der Waals surface area contributed by atoms with Gasteiger partial charge in [0, 0.05) is 31.4 Å². The number of aliphatic carboxylic acids is 1. The Balaban J connectivity index is 2.25. The maximum Gasteiger partial charge on any atom is 0.326 e. The molecule has 23 nitrogen and oxygen atoms in total. The number of amides is 5. The van der Waals surface area contributed by atoms with Crippen LogP contribution in [-0.4, -0.2) is 147 Å². The predicted molar refractivity (Wildman–Crippen MR) is 202 cm³/mol. The van der Waals surface area contributed by atoms with E-state index < -0.39 is 84.2 Å². The summed E-state index contributed by atoms with van der Waals surface area (Å²) in [6, 6.07) is -7.07. The van der Waals surface area contributed by atoms with E-state index in [1.165, 1.54) is 24.3 Å². The summed E-state index contributed by atoms with van der Waals surface area (Å²) in [4.78, 5) is 91.7. The molecule has 2 rings (SSSR count). The van der Waals surface area contributed by atoms with Gasteiger partial charge in [-0.05, 0) is 77.8 Å². The van der Waals surface area contributed by atoms with E-state index in [0.29, 0.717) is 37.9 Å². The first kappa shape index (κ1) is 47.2. The number of nitrogens with zero attached hydrogens (tertiary/aromatic N) is 3. The Kier molecular flexibility index (Phi) is 20.1. The number of carboxylic acid groups (broad SMARTS) is 1. The van der Waals surface area contributed by atoms with Crippen LogP contribution in [0.5, 0.6) is 0 Å². The smallest absolute Gasteiger partial charge is 0.326 e. The number of nitrogens with one attached hydrogen (secondary N) is 6. The molecule has 1 aromatic heterocycles. The molecule has 0 aromatic carbocycles. The zero-order valence-electron chi connectivity index (χ0n) is 31.7. The van der Waals surface area contributed by atoms with Crippen LogP contribution in [0.2, 0.25) is 0 Å². The van der Waals surface area contributed by atoms with Gasteiger partial charge in [-0.2, -0.15) is 0 Å². The van der Waals surface area contributed by atoms with E-state index in [2.05, 4.69) is 41.5 Å². The average Bonchev–Trinajstić information content (AvgIpc) is 3.85. The molecule has 0 spiro atoms. The number of nitrogens with two attached hydrogens (primary N) is 5. The third kappa shape index (κ3) is 16.0. The van der Waals surface area contributed by atoms with Crippen molar-refractivity contribution in [3.63, 3.8) is 0 Å². The molecule has 6 atom stereocenters. The maximum absolute atomic E-state index is 13.9. The SMILES string of the molecule is C[C@H](N)C(O)(O)NCC(=O)N[C@H](CCCN)C(=O)N1CCC[C@H]1C(=O)N[C@@H](Cc1cnc[nH]1)C(=O)N[C@@H](CCCCN)C(=O)NC(CCCN=C(N)N)C(=O)O. The number of carbonyl (C=O) groups excluding carboxylic acids is 5. The molecule has 19 N–H and O–H groups in total. The lowest BCUT2D eigenvalue weighted by Gasteiger charge is -2.31. The molecule has 5 amide bonds. The zero-order valence-corrected chi connectivity index (χ0v) is 31.7. The van der Waals surface area contributed by atoms with Crippen LogP contribution in [0, 0.1) is 0 Å².